The summed E-state index contributed by atoms with van der Waals surface area (Å²) in [6.45, 7) is 10.5. The second kappa shape index (κ2) is 3.05. The van der Waals surface area contributed by atoms with Gasteiger partial charge >= 0.3 is 0 Å². The summed E-state index contributed by atoms with van der Waals surface area (Å²) in [7, 11) is 0. The predicted molar refractivity (Wildman–Crippen MR) is 59.1 cm³/mol. The third kappa shape index (κ3) is 1.27. The minimum absolute atomic E-state index is 0.496. The Labute approximate surface area is 85.1 Å². The van der Waals surface area contributed by atoms with Gasteiger partial charge in [-0.2, -0.15) is 0 Å². The van der Waals surface area contributed by atoms with E-state index in [9.17, 15) is 0 Å². The highest BCUT2D eigenvalue weighted by molar-refractivity contribution is 5.56. The second-order valence-corrected chi connectivity index (χ2v) is 4.04. The number of nitrogens with one attached hydrogen (secondary N) is 2. The molecule has 0 aromatic carbocycles. The monoisotopic (exact) mass is 188 g/mol. The Morgan fingerprint density at radius 1 is 1.14 bits per heavy atom. The maximum Gasteiger partial charge on any atom is 0.0662 e. The first kappa shape index (κ1) is 9.13. The Balaban J connectivity index is 2.56. The molecule has 0 bridgehead atoms. The van der Waals surface area contributed by atoms with Gasteiger partial charge in [-0.3, -0.25) is 5.43 Å². The maximum atomic E-state index is 3.99. The van der Waals surface area contributed by atoms with E-state index in [1.54, 1.807) is 0 Å². The van der Waals surface area contributed by atoms with Crippen LogP contribution in [-0.2, 0) is 0 Å². The first-order valence-electron chi connectivity index (χ1n) is 4.92. The van der Waals surface area contributed by atoms with Crippen molar-refractivity contribution in [1.82, 2.24) is 10.9 Å². The number of hydrazine groups is 1. The standard InChI is InChI=1S/C12H16N2/c1-7-5-8(2)11-10(4)13-14-12(11)9(3)6-7/h5-7,13-14H,4H2,1-3H3. The van der Waals surface area contributed by atoms with Crippen molar-refractivity contribution in [3.05, 3.63) is 46.8 Å². The zero-order valence-corrected chi connectivity index (χ0v) is 8.94. The molecule has 1 unspecified atom stereocenters. The zero-order valence-electron chi connectivity index (χ0n) is 8.94. The molecule has 0 fully saturated rings. The fourth-order valence-corrected chi connectivity index (χ4v) is 2.15. The van der Waals surface area contributed by atoms with Gasteiger partial charge in [0, 0.05) is 5.57 Å². The smallest absolute Gasteiger partial charge is 0.0662 e. The van der Waals surface area contributed by atoms with Crippen molar-refractivity contribution in [2.24, 2.45) is 5.92 Å². The van der Waals surface area contributed by atoms with E-state index in [4.69, 9.17) is 0 Å². The van der Waals surface area contributed by atoms with E-state index in [-0.39, 0.29) is 0 Å². The summed E-state index contributed by atoms with van der Waals surface area (Å²) in [5.74, 6) is 0.496. The van der Waals surface area contributed by atoms with Crippen LogP contribution >= 0.6 is 0 Å². The molecule has 2 heteroatoms. The minimum atomic E-state index is 0.496. The third-order valence-electron chi connectivity index (χ3n) is 2.70. The first-order chi connectivity index (χ1) is 6.59. The summed E-state index contributed by atoms with van der Waals surface area (Å²) in [5, 5.41) is 0. The molecular formula is C12H16N2. The molecule has 2 N–H and O–H groups in total. The Kier molecular flexibility index (Phi) is 1.99. The summed E-state index contributed by atoms with van der Waals surface area (Å²) in [4.78, 5) is 0. The van der Waals surface area contributed by atoms with E-state index < -0.39 is 0 Å². The van der Waals surface area contributed by atoms with Gasteiger partial charge in [-0.15, -0.1) is 0 Å². The van der Waals surface area contributed by atoms with Gasteiger partial charge in [0.2, 0.25) is 0 Å². The average molecular weight is 188 g/mol. The van der Waals surface area contributed by atoms with E-state index >= 15 is 0 Å². The number of hydrogen-bond donors (Lipinski definition) is 2. The second-order valence-electron chi connectivity index (χ2n) is 4.04. The van der Waals surface area contributed by atoms with Crippen molar-refractivity contribution in [3.63, 3.8) is 0 Å². The Morgan fingerprint density at radius 3 is 2.50 bits per heavy atom. The van der Waals surface area contributed by atoms with Crippen molar-refractivity contribution in [3.8, 4) is 0 Å². The van der Waals surface area contributed by atoms with Crippen LogP contribution in [0.25, 0.3) is 0 Å². The van der Waals surface area contributed by atoms with Crippen LogP contribution in [-0.4, -0.2) is 0 Å². The predicted octanol–water partition coefficient (Wildman–Crippen LogP) is 2.40. The van der Waals surface area contributed by atoms with E-state index in [0.717, 1.165) is 5.70 Å². The van der Waals surface area contributed by atoms with E-state index in [1.165, 1.54) is 22.4 Å². The van der Waals surface area contributed by atoms with E-state index in [1.807, 2.05) is 0 Å². The molecule has 0 spiro atoms. The molecule has 74 valence electrons. The van der Waals surface area contributed by atoms with Crippen molar-refractivity contribution in [1.29, 1.82) is 0 Å². The lowest BCUT2D eigenvalue weighted by Gasteiger charge is -2.05. The molecule has 0 radical (unpaired) electrons. The van der Waals surface area contributed by atoms with Gasteiger partial charge in [0.05, 0.1) is 11.4 Å². The molecular weight excluding hydrogens is 172 g/mol. The first-order valence-corrected chi connectivity index (χ1v) is 4.92. The summed E-state index contributed by atoms with van der Waals surface area (Å²) in [5.41, 5.74) is 12.2. The Bertz CT molecular complexity index is 383. The van der Waals surface area contributed by atoms with Gasteiger partial charge < -0.3 is 5.43 Å². The van der Waals surface area contributed by atoms with Crippen molar-refractivity contribution in [2.75, 3.05) is 0 Å². The van der Waals surface area contributed by atoms with Gasteiger partial charge in [0.1, 0.15) is 0 Å². The fraction of sp³-hybridized carbons (Fsp3) is 0.333. The topological polar surface area (TPSA) is 24.1 Å². The Morgan fingerprint density at radius 2 is 1.79 bits per heavy atom. The maximum absolute atomic E-state index is 3.99. The van der Waals surface area contributed by atoms with Gasteiger partial charge in [-0.25, -0.2) is 0 Å². The van der Waals surface area contributed by atoms with Crippen molar-refractivity contribution < 1.29 is 0 Å². The van der Waals surface area contributed by atoms with Gasteiger partial charge in [0.15, 0.2) is 0 Å². The number of rotatable bonds is 0. The average Bonchev–Trinajstić information content (AvgIpc) is 2.41. The normalized spacial score (nSPS) is 25.9. The zero-order chi connectivity index (χ0) is 10.3. The summed E-state index contributed by atoms with van der Waals surface area (Å²) in [6, 6.07) is 0. The lowest BCUT2D eigenvalue weighted by molar-refractivity contribution is 0.752. The van der Waals surface area contributed by atoms with Crippen molar-refractivity contribution in [2.45, 2.75) is 20.8 Å². The molecule has 2 aliphatic rings. The lowest BCUT2D eigenvalue weighted by atomic mass is 10.0. The van der Waals surface area contributed by atoms with Gasteiger partial charge in [0.25, 0.3) is 0 Å². The Hall–Kier alpha value is -1.44. The minimum Gasteiger partial charge on any atom is -0.301 e. The number of allylic oxidation sites excluding steroid dienone is 4. The van der Waals surface area contributed by atoms with Crippen LogP contribution < -0.4 is 10.9 Å². The SMILES string of the molecule is C=C1NNC2=C1C(C)=CC(C)C=C2C. The van der Waals surface area contributed by atoms with Crippen LogP contribution in [0.3, 0.4) is 0 Å². The molecule has 1 aliphatic carbocycles. The molecule has 0 amide bonds. The fourth-order valence-electron chi connectivity index (χ4n) is 2.15. The molecule has 2 nitrogen and oxygen atoms in total. The highest BCUT2D eigenvalue weighted by Gasteiger charge is 2.22. The summed E-state index contributed by atoms with van der Waals surface area (Å²) >= 11 is 0. The molecule has 1 atom stereocenters. The highest BCUT2D eigenvalue weighted by atomic mass is 15.4. The van der Waals surface area contributed by atoms with Crippen LogP contribution in [0.15, 0.2) is 46.8 Å². The van der Waals surface area contributed by atoms with Crippen LogP contribution in [0, 0.1) is 5.92 Å². The van der Waals surface area contributed by atoms with E-state index in [2.05, 4.69) is 50.4 Å². The molecule has 1 aliphatic heterocycles. The highest BCUT2D eigenvalue weighted by Crippen LogP contribution is 2.31. The van der Waals surface area contributed by atoms with Crippen LogP contribution in [0.1, 0.15) is 20.8 Å². The summed E-state index contributed by atoms with van der Waals surface area (Å²) < 4.78 is 0. The van der Waals surface area contributed by atoms with Crippen LogP contribution in [0.4, 0.5) is 0 Å². The number of hydrogen-bond acceptors (Lipinski definition) is 2. The molecule has 0 aromatic rings. The lowest BCUT2D eigenvalue weighted by Crippen LogP contribution is -2.22. The quantitative estimate of drug-likeness (QED) is 0.610. The van der Waals surface area contributed by atoms with Crippen LogP contribution in [0.5, 0.6) is 0 Å². The van der Waals surface area contributed by atoms with Crippen LogP contribution in [0.2, 0.25) is 0 Å². The molecule has 1 heterocycles. The third-order valence-corrected chi connectivity index (χ3v) is 2.70. The van der Waals surface area contributed by atoms with Gasteiger partial charge in [-0.05, 0) is 30.9 Å². The van der Waals surface area contributed by atoms with E-state index in [0.29, 0.717) is 5.92 Å². The van der Waals surface area contributed by atoms with Crippen molar-refractivity contribution >= 4 is 0 Å². The molecule has 14 heavy (non-hydrogen) atoms. The molecule has 0 saturated heterocycles. The molecule has 0 saturated carbocycles. The summed E-state index contributed by atoms with van der Waals surface area (Å²) in [6.07, 6.45) is 4.53. The largest absolute Gasteiger partial charge is 0.301 e. The molecule has 0 aromatic heterocycles. The van der Waals surface area contributed by atoms with Gasteiger partial charge in [-0.1, -0.05) is 25.7 Å². The molecule has 2 rings (SSSR count).